The number of aromatic nitrogens is 1. The molecule has 1 aromatic heterocycles. The van der Waals surface area contributed by atoms with Crippen molar-refractivity contribution in [1.82, 2.24) is 4.98 Å². The lowest BCUT2D eigenvalue weighted by molar-refractivity contribution is 0.619. The van der Waals surface area contributed by atoms with Gasteiger partial charge in [-0.1, -0.05) is 37.3 Å². The molecule has 1 N–H and O–H groups in total. The normalized spacial score (nSPS) is 18.1. The van der Waals surface area contributed by atoms with Crippen molar-refractivity contribution in [2.75, 3.05) is 5.32 Å². The van der Waals surface area contributed by atoms with E-state index in [0.717, 1.165) is 11.4 Å². The van der Waals surface area contributed by atoms with Gasteiger partial charge in [0.15, 0.2) is 0 Å². The van der Waals surface area contributed by atoms with E-state index in [4.69, 9.17) is 11.6 Å². The molecule has 0 spiro atoms. The molecule has 0 saturated heterocycles. The van der Waals surface area contributed by atoms with E-state index >= 15 is 0 Å². The second kappa shape index (κ2) is 5.53. The Bertz CT molecular complexity index is 344. The quantitative estimate of drug-likeness (QED) is 0.618. The average molecular weight is 239 g/mol. The maximum absolute atomic E-state index is 5.85. The molecule has 88 valence electrons. The molecule has 1 aliphatic rings. The number of hydrogen-bond donors (Lipinski definition) is 1. The summed E-state index contributed by atoms with van der Waals surface area (Å²) in [6.07, 6.45) is 8.02. The molecule has 1 heterocycles. The van der Waals surface area contributed by atoms with Crippen LogP contribution in [0.25, 0.3) is 0 Å². The third-order valence-corrected chi connectivity index (χ3v) is 3.48. The molecule has 0 atom stereocenters. The van der Waals surface area contributed by atoms with Gasteiger partial charge in [0.25, 0.3) is 0 Å². The van der Waals surface area contributed by atoms with Crippen molar-refractivity contribution in [3.05, 3.63) is 23.0 Å². The molecule has 2 rings (SSSR count). The fraction of sp³-hybridized carbons (Fsp3) is 0.615. The first-order valence-corrected chi connectivity index (χ1v) is 6.53. The van der Waals surface area contributed by atoms with Gasteiger partial charge in [0.2, 0.25) is 0 Å². The number of anilines is 1. The second-order valence-corrected chi connectivity index (χ2v) is 4.99. The van der Waals surface area contributed by atoms with Gasteiger partial charge < -0.3 is 5.32 Å². The van der Waals surface area contributed by atoms with Crippen molar-refractivity contribution in [3.8, 4) is 0 Å². The number of rotatable bonds is 2. The maximum atomic E-state index is 5.85. The molecule has 0 aromatic carbocycles. The van der Waals surface area contributed by atoms with Crippen molar-refractivity contribution >= 4 is 17.3 Å². The van der Waals surface area contributed by atoms with Gasteiger partial charge in [-0.3, -0.25) is 0 Å². The van der Waals surface area contributed by atoms with Crippen molar-refractivity contribution in [2.24, 2.45) is 0 Å². The highest BCUT2D eigenvalue weighted by Crippen LogP contribution is 2.23. The Kier molecular flexibility index (Phi) is 4.05. The largest absolute Gasteiger partial charge is 0.381 e. The molecular formula is C13H19ClN2. The van der Waals surface area contributed by atoms with Crippen LogP contribution in [0.15, 0.2) is 12.1 Å². The van der Waals surface area contributed by atoms with Crippen LogP contribution in [-0.4, -0.2) is 11.0 Å². The summed E-state index contributed by atoms with van der Waals surface area (Å²) in [6.45, 7) is 2.00. The van der Waals surface area contributed by atoms with E-state index in [1.54, 1.807) is 0 Å². The van der Waals surface area contributed by atoms with Crippen LogP contribution in [0.4, 0.5) is 5.69 Å². The van der Waals surface area contributed by atoms with Crippen LogP contribution < -0.4 is 5.32 Å². The lowest BCUT2D eigenvalue weighted by Gasteiger charge is -2.18. The highest BCUT2D eigenvalue weighted by molar-refractivity contribution is 6.29. The van der Waals surface area contributed by atoms with Crippen molar-refractivity contribution in [3.63, 3.8) is 0 Å². The Balaban J connectivity index is 2.01. The molecule has 16 heavy (non-hydrogen) atoms. The van der Waals surface area contributed by atoms with Gasteiger partial charge >= 0.3 is 0 Å². The Morgan fingerprint density at radius 1 is 1.19 bits per heavy atom. The van der Waals surface area contributed by atoms with Gasteiger partial charge in [0.05, 0.1) is 11.4 Å². The number of halogens is 1. The molecule has 3 heteroatoms. The van der Waals surface area contributed by atoms with Gasteiger partial charge in [-0.05, 0) is 31.9 Å². The zero-order valence-electron chi connectivity index (χ0n) is 9.80. The van der Waals surface area contributed by atoms with Crippen molar-refractivity contribution in [1.29, 1.82) is 0 Å². The molecule has 1 aromatic rings. The molecule has 1 saturated carbocycles. The summed E-state index contributed by atoms with van der Waals surface area (Å²) >= 11 is 5.85. The molecule has 2 nitrogen and oxygen atoms in total. The van der Waals surface area contributed by atoms with Crippen LogP contribution in [0, 0.1) is 6.92 Å². The van der Waals surface area contributed by atoms with E-state index in [2.05, 4.69) is 10.3 Å². The van der Waals surface area contributed by atoms with Crippen LogP contribution >= 0.6 is 11.6 Å². The molecule has 1 aliphatic carbocycles. The van der Waals surface area contributed by atoms with E-state index in [9.17, 15) is 0 Å². The Labute approximate surface area is 102 Å². The van der Waals surface area contributed by atoms with Gasteiger partial charge in [0, 0.05) is 6.04 Å². The summed E-state index contributed by atoms with van der Waals surface area (Å²) < 4.78 is 0. The van der Waals surface area contributed by atoms with E-state index in [0.29, 0.717) is 11.2 Å². The Morgan fingerprint density at radius 3 is 2.50 bits per heavy atom. The van der Waals surface area contributed by atoms with Crippen molar-refractivity contribution in [2.45, 2.75) is 51.5 Å². The highest BCUT2D eigenvalue weighted by Gasteiger charge is 2.12. The zero-order chi connectivity index (χ0) is 11.4. The number of nitrogens with zero attached hydrogens (tertiary/aromatic N) is 1. The first-order chi connectivity index (χ1) is 7.75. The van der Waals surface area contributed by atoms with Crippen molar-refractivity contribution < 1.29 is 0 Å². The fourth-order valence-electron chi connectivity index (χ4n) is 2.33. The number of aryl methyl sites for hydroxylation is 1. The molecule has 0 amide bonds. The molecule has 1 fully saturated rings. The lowest BCUT2D eigenvalue weighted by Crippen LogP contribution is -2.19. The molecular weight excluding hydrogens is 220 g/mol. The molecule has 0 unspecified atom stereocenters. The fourth-order valence-corrected chi connectivity index (χ4v) is 2.52. The molecule has 0 bridgehead atoms. The number of hydrogen-bond acceptors (Lipinski definition) is 2. The predicted octanol–water partition coefficient (Wildman–Crippen LogP) is 4.18. The van der Waals surface area contributed by atoms with Gasteiger partial charge in [-0.15, -0.1) is 0 Å². The smallest absolute Gasteiger partial charge is 0.129 e. The summed E-state index contributed by atoms with van der Waals surface area (Å²) in [5, 5.41) is 4.17. The van der Waals surface area contributed by atoms with E-state index in [-0.39, 0.29) is 0 Å². The first kappa shape index (κ1) is 11.7. The van der Waals surface area contributed by atoms with Crippen LogP contribution in [0.5, 0.6) is 0 Å². The Hall–Kier alpha value is -0.760. The average Bonchev–Trinajstić information content (AvgIpc) is 2.51. The summed E-state index contributed by atoms with van der Waals surface area (Å²) in [6, 6.07) is 4.51. The summed E-state index contributed by atoms with van der Waals surface area (Å²) in [5.74, 6) is 0. The summed E-state index contributed by atoms with van der Waals surface area (Å²) in [4.78, 5) is 4.27. The van der Waals surface area contributed by atoms with Gasteiger partial charge in [0.1, 0.15) is 5.15 Å². The minimum absolute atomic E-state index is 0.573. The summed E-state index contributed by atoms with van der Waals surface area (Å²) in [5.41, 5.74) is 2.13. The zero-order valence-corrected chi connectivity index (χ0v) is 10.6. The maximum Gasteiger partial charge on any atom is 0.129 e. The molecule has 0 radical (unpaired) electrons. The topological polar surface area (TPSA) is 24.9 Å². The van der Waals surface area contributed by atoms with Crippen LogP contribution in [0.3, 0.4) is 0 Å². The second-order valence-electron chi connectivity index (χ2n) is 4.60. The Morgan fingerprint density at radius 2 is 1.88 bits per heavy atom. The monoisotopic (exact) mass is 238 g/mol. The SMILES string of the molecule is Cc1nc(Cl)ccc1NC1CCCCCC1. The number of nitrogens with one attached hydrogen (secondary N) is 1. The lowest BCUT2D eigenvalue weighted by atomic mass is 10.1. The van der Waals surface area contributed by atoms with Gasteiger partial charge in [-0.2, -0.15) is 0 Å². The first-order valence-electron chi connectivity index (χ1n) is 6.15. The van der Waals surface area contributed by atoms with E-state index < -0.39 is 0 Å². The van der Waals surface area contributed by atoms with Crippen LogP contribution in [0.2, 0.25) is 5.15 Å². The van der Waals surface area contributed by atoms with Crippen LogP contribution in [0.1, 0.15) is 44.2 Å². The summed E-state index contributed by atoms with van der Waals surface area (Å²) in [7, 11) is 0. The van der Waals surface area contributed by atoms with E-state index in [1.165, 1.54) is 38.5 Å². The third-order valence-electron chi connectivity index (χ3n) is 3.27. The van der Waals surface area contributed by atoms with E-state index in [1.807, 2.05) is 19.1 Å². The van der Waals surface area contributed by atoms with Gasteiger partial charge in [-0.25, -0.2) is 4.98 Å². The minimum Gasteiger partial charge on any atom is -0.381 e. The molecule has 0 aliphatic heterocycles. The van der Waals surface area contributed by atoms with Crippen LogP contribution in [-0.2, 0) is 0 Å². The number of pyridine rings is 1. The standard InChI is InChI=1S/C13H19ClN2/c1-10-12(8-9-13(14)15-10)16-11-6-4-2-3-5-7-11/h8-9,11,16H,2-7H2,1H3. The minimum atomic E-state index is 0.573. The predicted molar refractivity (Wildman–Crippen MR) is 69.1 cm³/mol. The highest BCUT2D eigenvalue weighted by atomic mass is 35.5. The third kappa shape index (κ3) is 3.11.